The first-order chi connectivity index (χ1) is 7.65. The van der Waals surface area contributed by atoms with Crippen LogP contribution in [0.25, 0.3) is 0 Å². The van der Waals surface area contributed by atoms with Crippen LogP contribution >= 0.6 is 0 Å². The summed E-state index contributed by atoms with van der Waals surface area (Å²) < 4.78 is 4.87. The van der Waals surface area contributed by atoms with Gasteiger partial charge in [-0.1, -0.05) is 6.08 Å². The molecule has 1 aromatic heterocycles. The summed E-state index contributed by atoms with van der Waals surface area (Å²) in [6.07, 6.45) is 6.74. The lowest BCUT2D eigenvalue weighted by Gasteiger charge is -2.11. The summed E-state index contributed by atoms with van der Waals surface area (Å²) >= 11 is 0. The van der Waals surface area contributed by atoms with E-state index in [1.54, 1.807) is 12.4 Å². The fourth-order valence-corrected chi connectivity index (χ4v) is 1.69. The van der Waals surface area contributed by atoms with Gasteiger partial charge in [0, 0.05) is 18.3 Å². The van der Waals surface area contributed by atoms with E-state index in [9.17, 15) is 4.79 Å². The zero-order chi connectivity index (χ0) is 11.5. The van der Waals surface area contributed by atoms with Crippen molar-refractivity contribution in [3.8, 4) is 0 Å². The molecular weight excluding hydrogens is 208 g/mol. The summed E-state index contributed by atoms with van der Waals surface area (Å²) in [5, 5.41) is 0. The number of nitrogens with two attached hydrogens (primary N) is 2. The topological polar surface area (TPSA) is 104 Å². The molecule has 4 N–H and O–H groups in total. The normalized spacial score (nSPS) is 23.2. The number of carbonyl (C=O) groups is 1. The molecule has 2 rings (SSSR count). The van der Waals surface area contributed by atoms with E-state index in [-0.39, 0.29) is 18.0 Å². The zero-order valence-corrected chi connectivity index (χ0v) is 8.54. The largest absolute Gasteiger partial charge is 0.442 e. The number of nitrogens with zero attached hydrogens (tertiary/aromatic N) is 2. The van der Waals surface area contributed by atoms with Crippen LogP contribution in [0.4, 0.5) is 10.7 Å². The van der Waals surface area contributed by atoms with E-state index in [0.29, 0.717) is 6.42 Å². The van der Waals surface area contributed by atoms with E-state index < -0.39 is 6.09 Å². The molecule has 1 amide bonds. The van der Waals surface area contributed by atoms with Gasteiger partial charge in [0.25, 0.3) is 0 Å². The maximum Gasteiger partial charge on any atom is 0.405 e. The predicted molar refractivity (Wildman–Crippen MR) is 57.4 cm³/mol. The minimum atomic E-state index is -0.760. The summed E-state index contributed by atoms with van der Waals surface area (Å²) in [7, 11) is 0. The highest BCUT2D eigenvalue weighted by Gasteiger charge is 2.22. The Morgan fingerprint density at radius 1 is 1.38 bits per heavy atom. The highest BCUT2D eigenvalue weighted by Crippen LogP contribution is 2.29. The molecule has 16 heavy (non-hydrogen) atoms. The molecule has 84 valence electrons. The molecule has 1 aliphatic carbocycles. The highest BCUT2D eigenvalue weighted by molar-refractivity contribution is 5.65. The molecule has 1 heterocycles. The number of hydrogen-bond donors (Lipinski definition) is 2. The molecule has 0 aromatic carbocycles. The van der Waals surface area contributed by atoms with Crippen LogP contribution in [0.3, 0.4) is 0 Å². The Morgan fingerprint density at radius 3 is 2.69 bits per heavy atom. The Hall–Kier alpha value is -2.11. The molecule has 6 nitrogen and oxygen atoms in total. The number of amides is 1. The molecule has 6 heteroatoms. The van der Waals surface area contributed by atoms with Crippen LogP contribution in [0, 0.1) is 0 Å². The number of hydrogen-bond acceptors (Lipinski definition) is 5. The predicted octanol–water partition coefficient (Wildman–Crippen LogP) is 0.566. The van der Waals surface area contributed by atoms with Gasteiger partial charge in [-0.2, -0.15) is 0 Å². The lowest BCUT2D eigenvalue weighted by atomic mass is 10.0. The van der Waals surface area contributed by atoms with Crippen molar-refractivity contribution in [3.05, 3.63) is 30.1 Å². The molecule has 1 aromatic rings. The fraction of sp³-hybridized carbons (Fsp3) is 0.300. The molecule has 0 bridgehead atoms. The second kappa shape index (κ2) is 4.18. The van der Waals surface area contributed by atoms with E-state index in [1.807, 2.05) is 12.2 Å². The summed E-state index contributed by atoms with van der Waals surface area (Å²) in [6.45, 7) is 0. The number of aromatic nitrogens is 2. The van der Waals surface area contributed by atoms with Crippen LogP contribution in [0.2, 0.25) is 0 Å². The second-order valence-electron chi connectivity index (χ2n) is 3.58. The van der Waals surface area contributed by atoms with Gasteiger partial charge in [0.1, 0.15) is 6.10 Å². The third-order valence-corrected chi connectivity index (χ3v) is 2.43. The smallest absolute Gasteiger partial charge is 0.405 e. The van der Waals surface area contributed by atoms with Crippen LogP contribution in [-0.4, -0.2) is 22.2 Å². The van der Waals surface area contributed by atoms with Gasteiger partial charge in [0.05, 0.1) is 0 Å². The van der Waals surface area contributed by atoms with Crippen molar-refractivity contribution >= 4 is 12.0 Å². The van der Waals surface area contributed by atoms with Gasteiger partial charge in [-0.3, -0.25) is 0 Å². The Kier molecular flexibility index (Phi) is 2.72. The van der Waals surface area contributed by atoms with Gasteiger partial charge in [-0.25, -0.2) is 14.8 Å². The number of ether oxygens (including phenoxy) is 1. The Balaban J connectivity index is 2.01. The van der Waals surface area contributed by atoms with Gasteiger partial charge < -0.3 is 16.2 Å². The molecule has 0 spiro atoms. The molecule has 2 unspecified atom stereocenters. The molecule has 2 atom stereocenters. The lowest BCUT2D eigenvalue weighted by Crippen LogP contribution is -2.20. The van der Waals surface area contributed by atoms with E-state index >= 15 is 0 Å². The fourth-order valence-electron chi connectivity index (χ4n) is 1.69. The molecule has 1 aliphatic rings. The maximum atomic E-state index is 10.6. The summed E-state index contributed by atoms with van der Waals surface area (Å²) in [5.41, 5.74) is 11.3. The summed E-state index contributed by atoms with van der Waals surface area (Å²) in [5.74, 6) is 0.389. The van der Waals surface area contributed by atoms with Crippen molar-refractivity contribution in [2.45, 2.75) is 18.4 Å². The maximum absolute atomic E-state index is 10.6. The number of primary amides is 1. The van der Waals surface area contributed by atoms with E-state index in [1.165, 1.54) is 0 Å². The van der Waals surface area contributed by atoms with Gasteiger partial charge in [-0.15, -0.1) is 0 Å². The number of allylic oxidation sites excluding steroid dienone is 1. The summed E-state index contributed by atoms with van der Waals surface area (Å²) in [6, 6.07) is 0. The van der Waals surface area contributed by atoms with Crippen molar-refractivity contribution in [1.29, 1.82) is 0 Å². The van der Waals surface area contributed by atoms with Gasteiger partial charge >= 0.3 is 6.09 Å². The van der Waals surface area contributed by atoms with Crippen LogP contribution in [0.5, 0.6) is 0 Å². The highest BCUT2D eigenvalue weighted by atomic mass is 16.6. The van der Waals surface area contributed by atoms with Crippen LogP contribution in [0.15, 0.2) is 24.5 Å². The third-order valence-electron chi connectivity index (χ3n) is 2.43. The number of nitrogen functional groups attached to an aromatic ring is 1. The SMILES string of the molecule is NC(=O)OC1C=CC(c2cnc(N)nc2)C1. The van der Waals surface area contributed by atoms with Gasteiger partial charge in [0.2, 0.25) is 5.95 Å². The molecular formula is C10H12N4O2. The van der Waals surface area contributed by atoms with Gasteiger partial charge in [-0.05, 0) is 18.1 Å². The van der Waals surface area contributed by atoms with E-state index in [2.05, 4.69) is 9.97 Å². The molecule has 0 fully saturated rings. The van der Waals surface area contributed by atoms with Crippen LogP contribution in [-0.2, 0) is 4.74 Å². The van der Waals surface area contributed by atoms with Crippen LogP contribution in [0.1, 0.15) is 17.9 Å². The Labute approximate surface area is 92.3 Å². The average molecular weight is 220 g/mol. The zero-order valence-electron chi connectivity index (χ0n) is 8.54. The monoisotopic (exact) mass is 220 g/mol. The average Bonchev–Trinajstić information content (AvgIpc) is 2.66. The molecule has 0 saturated carbocycles. The first-order valence-electron chi connectivity index (χ1n) is 4.87. The Morgan fingerprint density at radius 2 is 2.06 bits per heavy atom. The van der Waals surface area contributed by atoms with Crippen molar-refractivity contribution in [2.75, 3.05) is 5.73 Å². The van der Waals surface area contributed by atoms with E-state index in [4.69, 9.17) is 16.2 Å². The van der Waals surface area contributed by atoms with Crippen molar-refractivity contribution in [2.24, 2.45) is 5.73 Å². The van der Waals surface area contributed by atoms with Crippen molar-refractivity contribution < 1.29 is 9.53 Å². The first kappa shape index (κ1) is 10.4. The lowest BCUT2D eigenvalue weighted by molar-refractivity contribution is 0.127. The van der Waals surface area contributed by atoms with Gasteiger partial charge in [0.15, 0.2) is 0 Å². The van der Waals surface area contributed by atoms with E-state index in [0.717, 1.165) is 5.56 Å². The minimum absolute atomic E-state index is 0.143. The molecule has 0 radical (unpaired) electrons. The Bertz CT molecular complexity index is 415. The van der Waals surface area contributed by atoms with Crippen molar-refractivity contribution in [1.82, 2.24) is 9.97 Å². The number of carbonyl (C=O) groups excluding carboxylic acids is 1. The quantitative estimate of drug-likeness (QED) is 0.709. The third kappa shape index (κ3) is 2.28. The standard InChI is InChI=1S/C10H12N4O2/c11-9-13-4-7(5-14-9)6-1-2-8(3-6)16-10(12)15/h1-2,4-6,8H,3H2,(H2,12,15)(H2,11,13,14). The number of rotatable bonds is 2. The number of anilines is 1. The van der Waals surface area contributed by atoms with Crippen molar-refractivity contribution in [3.63, 3.8) is 0 Å². The minimum Gasteiger partial charge on any atom is -0.442 e. The summed E-state index contributed by atoms with van der Waals surface area (Å²) in [4.78, 5) is 18.4. The molecule has 0 aliphatic heterocycles. The van der Waals surface area contributed by atoms with Crippen LogP contribution < -0.4 is 11.5 Å². The second-order valence-corrected chi connectivity index (χ2v) is 3.58. The molecule has 0 saturated heterocycles. The first-order valence-corrected chi connectivity index (χ1v) is 4.87.